The summed E-state index contributed by atoms with van der Waals surface area (Å²) < 4.78 is 38.6. The Balaban J connectivity index is 1.59. The summed E-state index contributed by atoms with van der Waals surface area (Å²) in [5.74, 6) is 0.294. The van der Waals surface area contributed by atoms with Crippen molar-refractivity contribution in [3.8, 4) is 5.75 Å². The predicted molar refractivity (Wildman–Crippen MR) is 149 cm³/mol. The standard InChI is InChI=1S/C25H28BN3O5S2/c1-16-4-6-20(14-17(16)2)29-36(31,32)21-9-7-19(8-10-21)27-25(35)28-24(30)18-5-11-23(22(26)15-18)34-13-12-33-3/h4-11,14-15,29H,12-13,26H2,1-3H3,(H2,27,28,30,35). The van der Waals surface area contributed by atoms with Gasteiger partial charge in [0, 0.05) is 24.0 Å². The maximum atomic E-state index is 12.7. The zero-order chi connectivity index (χ0) is 26.3. The number of carbonyl (C=O) groups excluding carboxylic acids is 1. The second-order valence-corrected chi connectivity index (χ2v) is 10.2. The van der Waals surface area contributed by atoms with Gasteiger partial charge in [0.1, 0.15) is 20.2 Å². The third-order valence-corrected chi connectivity index (χ3v) is 6.99. The van der Waals surface area contributed by atoms with Gasteiger partial charge in [-0.25, -0.2) is 8.42 Å². The molecule has 188 valence electrons. The van der Waals surface area contributed by atoms with Crippen molar-refractivity contribution < 1.29 is 22.7 Å². The Hall–Kier alpha value is -3.41. The Morgan fingerprint density at radius 2 is 1.64 bits per heavy atom. The molecule has 0 radical (unpaired) electrons. The van der Waals surface area contributed by atoms with Crippen LogP contribution < -0.4 is 25.6 Å². The lowest BCUT2D eigenvalue weighted by Gasteiger charge is -2.13. The van der Waals surface area contributed by atoms with Gasteiger partial charge < -0.3 is 14.8 Å². The largest absolute Gasteiger partial charge is 0.492 e. The number of hydrogen-bond acceptors (Lipinski definition) is 6. The van der Waals surface area contributed by atoms with Crippen LogP contribution in [-0.2, 0) is 14.8 Å². The maximum Gasteiger partial charge on any atom is 0.261 e. The van der Waals surface area contributed by atoms with Crippen LogP contribution in [0.4, 0.5) is 11.4 Å². The number of rotatable bonds is 9. The molecule has 0 aromatic heterocycles. The highest BCUT2D eigenvalue weighted by Crippen LogP contribution is 2.20. The van der Waals surface area contributed by atoms with Crippen LogP contribution in [0.2, 0.25) is 0 Å². The van der Waals surface area contributed by atoms with Crippen LogP contribution in [0.5, 0.6) is 5.75 Å². The highest BCUT2D eigenvalue weighted by atomic mass is 32.2. The molecule has 36 heavy (non-hydrogen) atoms. The minimum atomic E-state index is -3.76. The van der Waals surface area contributed by atoms with Gasteiger partial charge in [-0.05, 0) is 91.2 Å². The van der Waals surface area contributed by atoms with E-state index in [1.807, 2.05) is 27.8 Å². The lowest BCUT2D eigenvalue weighted by molar-refractivity contribution is 0.0977. The number of nitrogens with one attached hydrogen (secondary N) is 3. The number of aryl methyl sites for hydroxylation is 2. The molecule has 0 spiro atoms. The minimum Gasteiger partial charge on any atom is -0.492 e. The monoisotopic (exact) mass is 525 g/mol. The number of methoxy groups -OCH3 is 1. The Bertz CT molecular complexity index is 1360. The molecule has 0 fully saturated rings. The zero-order valence-electron chi connectivity index (χ0n) is 20.5. The van der Waals surface area contributed by atoms with Crippen molar-refractivity contribution in [3.05, 3.63) is 77.4 Å². The second kappa shape index (κ2) is 12.0. The topological polar surface area (TPSA) is 106 Å². The fourth-order valence-electron chi connectivity index (χ4n) is 3.26. The third-order valence-electron chi connectivity index (χ3n) is 5.39. The maximum absolute atomic E-state index is 12.7. The first-order valence-electron chi connectivity index (χ1n) is 11.1. The van der Waals surface area contributed by atoms with Crippen molar-refractivity contribution in [2.45, 2.75) is 18.7 Å². The molecule has 3 N–H and O–H groups in total. The first-order chi connectivity index (χ1) is 17.1. The van der Waals surface area contributed by atoms with E-state index in [-0.39, 0.29) is 15.9 Å². The average Bonchev–Trinajstić information content (AvgIpc) is 2.82. The SMILES string of the molecule is Bc1cc(C(=O)NC(=S)Nc2ccc(S(=O)(=O)Nc3ccc(C)c(C)c3)cc2)ccc1OCCOC. The third kappa shape index (κ3) is 7.30. The Morgan fingerprint density at radius 1 is 0.944 bits per heavy atom. The number of anilines is 2. The van der Waals surface area contributed by atoms with E-state index in [1.54, 1.807) is 49.6 Å². The van der Waals surface area contributed by atoms with Crippen LogP contribution in [0.1, 0.15) is 21.5 Å². The van der Waals surface area contributed by atoms with E-state index in [9.17, 15) is 13.2 Å². The van der Waals surface area contributed by atoms with Gasteiger partial charge in [-0.1, -0.05) is 12.1 Å². The highest BCUT2D eigenvalue weighted by molar-refractivity contribution is 7.92. The smallest absolute Gasteiger partial charge is 0.261 e. The van der Waals surface area contributed by atoms with Crippen LogP contribution in [0.25, 0.3) is 0 Å². The van der Waals surface area contributed by atoms with Gasteiger partial charge in [-0.15, -0.1) is 0 Å². The summed E-state index contributed by atoms with van der Waals surface area (Å²) in [5, 5.41) is 5.60. The highest BCUT2D eigenvalue weighted by Gasteiger charge is 2.15. The van der Waals surface area contributed by atoms with Crippen molar-refractivity contribution >= 4 is 57.9 Å². The first-order valence-corrected chi connectivity index (χ1v) is 13.0. The van der Waals surface area contributed by atoms with Crippen LogP contribution >= 0.6 is 12.2 Å². The Labute approximate surface area is 217 Å². The van der Waals surface area contributed by atoms with E-state index < -0.39 is 10.0 Å². The van der Waals surface area contributed by atoms with Crippen LogP contribution in [0.3, 0.4) is 0 Å². The predicted octanol–water partition coefficient (Wildman–Crippen LogP) is 2.51. The molecular weight excluding hydrogens is 497 g/mol. The lowest BCUT2D eigenvalue weighted by atomic mass is 9.93. The number of benzene rings is 3. The van der Waals surface area contributed by atoms with E-state index in [4.69, 9.17) is 21.7 Å². The number of amides is 1. The fraction of sp³-hybridized carbons (Fsp3) is 0.200. The summed E-state index contributed by atoms with van der Waals surface area (Å²) in [4.78, 5) is 12.7. The molecular formula is C25H28BN3O5S2. The molecule has 1 amide bonds. The molecule has 3 rings (SSSR count). The number of ether oxygens (including phenoxy) is 2. The Morgan fingerprint density at radius 3 is 2.28 bits per heavy atom. The van der Waals surface area contributed by atoms with Gasteiger partial charge in [0.15, 0.2) is 5.11 Å². The number of sulfonamides is 1. The molecule has 0 aliphatic carbocycles. The van der Waals surface area contributed by atoms with Crippen LogP contribution in [0, 0.1) is 13.8 Å². The molecule has 0 unspecified atom stereocenters. The van der Waals surface area contributed by atoms with Gasteiger partial charge in [-0.3, -0.25) is 14.8 Å². The summed E-state index contributed by atoms with van der Waals surface area (Å²) in [6.07, 6.45) is 0. The van der Waals surface area contributed by atoms with Crippen molar-refractivity contribution in [1.82, 2.24) is 5.32 Å². The molecule has 0 heterocycles. The molecule has 0 aliphatic heterocycles. The number of carbonyl (C=O) groups is 1. The quantitative estimate of drug-likeness (QED) is 0.224. The van der Waals surface area contributed by atoms with Crippen LogP contribution in [0.15, 0.2) is 65.6 Å². The van der Waals surface area contributed by atoms with Gasteiger partial charge in [-0.2, -0.15) is 0 Å². The molecule has 11 heteroatoms. The van der Waals surface area contributed by atoms with Crippen molar-refractivity contribution in [1.29, 1.82) is 0 Å². The normalized spacial score (nSPS) is 11.0. The second-order valence-electron chi connectivity index (χ2n) is 8.16. The molecule has 0 saturated carbocycles. The van der Waals surface area contributed by atoms with Crippen molar-refractivity contribution in [2.75, 3.05) is 30.4 Å². The average molecular weight is 525 g/mol. The molecule has 8 nitrogen and oxygen atoms in total. The molecule has 3 aromatic carbocycles. The molecule has 0 saturated heterocycles. The fourth-order valence-corrected chi connectivity index (χ4v) is 4.52. The van der Waals surface area contributed by atoms with Crippen LogP contribution in [-0.4, -0.2) is 47.6 Å². The first kappa shape index (κ1) is 27.2. The summed E-state index contributed by atoms with van der Waals surface area (Å²) in [5.41, 5.74) is 4.33. The zero-order valence-corrected chi connectivity index (χ0v) is 22.2. The summed E-state index contributed by atoms with van der Waals surface area (Å²) in [6, 6.07) is 16.5. The molecule has 3 aromatic rings. The lowest BCUT2D eigenvalue weighted by Crippen LogP contribution is -2.34. The summed E-state index contributed by atoms with van der Waals surface area (Å²) >= 11 is 5.24. The summed E-state index contributed by atoms with van der Waals surface area (Å²) in [7, 11) is -0.310. The van der Waals surface area contributed by atoms with E-state index in [0.29, 0.717) is 35.9 Å². The molecule has 0 bridgehead atoms. The number of hydrogen-bond donors (Lipinski definition) is 3. The van der Waals surface area contributed by atoms with E-state index >= 15 is 0 Å². The van der Waals surface area contributed by atoms with Gasteiger partial charge in [0.05, 0.1) is 11.5 Å². The Kier molecular flexibility index (Phi) is 9.08. The van der Waals surface area contributed by atoms with Gasteiger partial charge >= 0.3 is 0 Å². The molecule has 0 atom stereocenters. The van der Waals surface area contributed by atoms with Gasteiger partial charge in [0.25, 0.3) is 15.9 Å². The van der Waals surface area contributed by atoms with Gasteiger partial charge in [0.2, 0.25) is 0 Å². The van der Waals surface area contributed by atoms with Crippen molar-refractivity contribution in [3.63, 3.8) is 0 Å². The summed E-state index contributed by atoms with van der Waals surface area (Å²) in [6.45, 7) is 4.77. The van der Waals surface area contributed by atoms with Crippen molar-refractivity contribution in [2.24, 2.45) is 0 Å². The number of thiocarbonyl (C=S) groups is 1. The minimum absolute atomic E-state index is 0.0851. The van der Waals surface area contributed by atoms with E-state index in [1.165, 1.54) is 12.1 Å². The molecule has 0 aliphatic rings. The van der Waals surface area contributed by atoms with E-state index in [2.05, 4.69) is 15.4 Å². The van der Waals surface area contributed by atoms with E-state index in [0.717, 1.165) is 16.6 Å².